The molecule has 3 rings (SSSR count). The second kappa shape index (κ2) is 4.22. The van der Waals surface area contributed by atoms with Gasteiger partial charge in [-0.1, -0.05) is 48.5 Å². The second-order valence-electron chi connectivity index (χ2n) is 4.33. The molecule has 0 aliphatic carbocycles. The SMILES string of the molecule is O[C@@H]1Cc2ccccc2O[C@H]1c1ccccc1. The first-order valence-corrected chi connectivity index (χ1v) is 5.82. The Balaban J connectivity index is 1.95. The first-order chi connectivity index (χ1) is 8.34. The summed E-state index contributed by atoms with van der Waals surface area (Å²) in [6, 6.07) is 17.8. The van der Waals surface area contributed by atoms with Gasteiger partial charge in [-0.15, -0.1) is 0 Å². The highest BCUT2D eigenvalue weighted by molar-refractivity contribution is 5.37. The third kappa shape index (κ3) is 1.92. The number of rotatable bonds is 1. The highest BCUT2D eigenvalue weighted by Crippen LogP contribution is 2.34. The summed E-state index contributed by atoms with van der Waals surface area (Å²) in [5, 5.41) is 10.1. The Kier molecular flexibility index (Phi) is 2.57. The van der Waals surface area contributed by atoms with Crippen molar-refractivity contribution in [1.82, 2.24) is 0 Å². The third-order valence-corrected chi connectivity index (χ3v) is 3.13. The molecule has 1 N–H and O–H groups in total. The minimum Gasteiger partial charge on any atom is -0.483 e. The minimum atomic E-state index is -0.479. The summed E-state index contributed by atoms with van der Waals surface area (Å²) >= 11 is 0. The number of fused-ring (bicyclic) bond motifs is 1. The molecule has 0 radical (unpaired) electrons. The van der Waals surface area contributed by atoms with E-state index in [0.717, 1.165) is 16.9 Å². The molecule has 2 atom stereocenters. The van der Waals surface area contributed by atoms with Gasteiger partial charge in [-0.2, -0.15) is 0 Å². The molecule has 0 aromatic heterocycles. The molecule has 2 aromatic rings. The van der Waals surface area contributed by atoms with E-state index in [-0.39, 0.29) is 6.10 Å². The summed E-state index contributed by atoms with van der Waals surface area (Å²) in [4.78, 5) is 0. The van der Waals surface area contributed by atoms with Gasteiger partial charge in [0.1, 0.15) is 11.9 Å². The quantitative estimate of drug-likeness (QED) is 0.810. The molecule has 17 heavy (non-hydrogen) atoms. The standard InChI is InChI=1S/C15H14O2/c16-13-10-12-8-4-5-9-14(12)17-15(13)11-6-2-1-3-7-11/h1-9,13,15-16H,10H2/t13-,15+/m1/s1. The molecule has 1 aliphatic rings. The number of benzene rings is 2. The Labute approximate surface area is 100 Å². The molecule has 2 heteroatoms. The molecular formula is C15H14O2. The molecule has 2 aromatic carbocycles. The highest BCUT2D eigenvalue weighted by atomic mass is 16.5. The first kappa shape index (κ1) is 10.4. The highest BCUT2D eigenvalue weighted by Gasteiger charge is 2.29. The molecule has 0 spiro atoms. The maximum absolute atomic E-state index is 10.1. The lowest BCUT2D eigenvalue weighted by Crippen LogP contribution is -2.30. The van der Waals surface area contributed by atoms with E-state index in [1.165, 1.54) is 0 Å². The van der Waals surface area contributed by atoms with Crippen molar-refractivity contribution >= 4 is 0 Å². The van der Waals surface area contributed by atoms with Crippen LogP contribution in [0.25, 0.3) is 0 Å². The van der Waals surface area contributed by atoms with Crippen LogP contribution >= 0.6 is 0 Å². The van der Waals surface area contributed by atoms with Crippen molar-refractivity contribution in [3.8, 4) is 5.75 Å². The van der Waals surface area contributed by atoms with Crippen LogP contribution in [0.15, 0.2) is 54.6 Å². The number of para-hydroxylation sites is 1. The van der Waals surface area contributed by atoms with E-state index in [9.17, 15) is 5.11 Å². The fraction of sp³-hybridized carbons (Fsp3) is 0.200. The molecule has 0 unspecified atom stereocenters. The molecule has 0 saturated carbocycles. The number of aliphatic hydroxyl groups is 1. The van der Waals surface area contributed by atoms with Crippen LogP contribution in [0.2, 0.25) is 0 Å². The van der Waals surface area contributed by atoms with Crippen molar-refractivity contribution in [2.75, 3.05) is 0 Å². The van der Waals surface area contributed by atoms with Gasteiger partial charge >= 0.3 is 0 Å². The van der Waals surface area contributed by atoms with Crippen LogP contribution in [0, 0.1) is 0 Å². The Morgan fingerprint density at radius 3 is 2.47 bits per heavy atom. The van der Waals surface area contributed by atoms with Gasteiger partial charge in [0.15, 0.2) is 0 Å². The van der Waals surface area contributed by atoms with Crippen LogP contribution in [0.5, 0.6) is 5.75 Å². The predicted octanol–water partition coefficient (Wildman–Crippen LogP) is 2.72. The summed E-state index contributed by atoms with van der Waals surface area (Å²) in [5.74, 6) is 0.881. The normalized spacial score (nSPS) is 22.6. The fourth-order valence-corrected chi connectivity index (χ4v) is 2.27. The minimum absolute atomic E-state index is 0.258. The smallest absolute Gasteiger partial charge is 0.150 e. The first-order valence-electron chi connectivity index (χ1n) is 5.82. The topological polar surface area (TPSA) is 29.5 Å². The van der Waals surface area contributed by atoms with Crippen molar-refractivity contribution in [3.05, 3.63) is 65.7 Å². The molecule has 0 saturated heterocycles. The summed E-state index contributed by atoms with van der Waals surface area (Å²) in [5.41, 5.74) is 2.10. The average Bonchev–Trinajstić information content (AvgIpc) is 2.39. The van der Waals surface area contributed by atoms with E-state index >= 15 is 0 Å². The Hall–Kier alpha value is -1.80. The lowest BCUT2D eigenvalue weighted by Gasteiger charge is -2.30. The molecule has 0 bridgehead atoms. The van der Waals surface area contributed by atoms with Crippen molar-refractivity contribution < 1.29 is 9.84 Å². The monoisotopic (exact) mass is 226 g/mol. The maximum atomic E-state index is 10.1. The second-order valence-corrected chi connectivity index (χ2v) is 4.33. The molecule has 1 aliphatic heterocycles. The maximum Gasteiger partial charge on any atom is 0.150 e. The number of hydrogen-bond donors (Lipinski definition) is 1. The molecule has 1 heterocycles. The van der Waals surface area contributed by atoms with Gasteiger partial charge in [0.05, 0.1) is 6.10 Å². The van der Waals surface area contributed by atoms with Gasteiger partial charge in [-0.3, -0.25) is 0 Å². The van der Waals surface area contributed by atoms with E-state index in [2.05, 4.69) is 0 Å². The zero-order chi connectivity index (χ0) is 11.7. The summed E-state index contributed by atoms with van der Waals surface area (Å²) in [7, 11) is 0. The summed E-state index contributed by atoms with van der Waals surface area (Å²) < 4.78 is 5.88. The lowest BCUT2D eigenvalue weighted by atomic mass is 9.95. The Morgan fingerprint density at radius 1 is 0.941 bits per heavy atom. The molecule has 0 amide bonds. The van der Waals surface area contributed by atoms with Crippen LogP contribution in [0.3, 0.4) is 0 Å². The van der Waals surface area contributed by atoms with Crippen LogP contribution < -0.4 is 4.74 Å². The van der Waals surface area contributed by atoms with Crippen molar-refractivity contribution in [2.24, 2.45) is 0 Å². The zero-order valence-electron chi connectivity index (χ0n) is 9.41. The van der Waals surface area contributed by atoms with Crippen LogP contribution in [-0.2, 0) is 6.42 Å². The molecule has 2 nitrogen and oxygen atoms in total. The lowest BCUT2D eigenvalue weighted by molar-refractivity contribution is 0.0208. The van der Waals surface area contributed by atoms with E-state index in [1.54, 1.807) is 0 Å². The molecule has 86 valence electrons. The van der Waals surface area contributed by atoms with Crippen LogP contribution in [0.4, 0.5) is 0 Å². The van der Waals surface area contributed by atoms with Crippen LogP contribution in [0.1, 0.15) is 17.2 Å². The number of aliphatic hydroxyl groups excluding tert-OH is 1. The van der Waals surface area contributed by atoms with E-state index < -0.39 is 6.10 Å². The summed E-state index contributed by atoms with van der Waals surface area (Å²) in [6.45, 7) is 0. The zero-order valence-corrected chi connectivity index (χ0v) is 9.41. The largest absolute Gasteiger partial charge is 0.483 e. The van der Waals surface area contributed by atoms with Crippen molar-refractivity contribution in [3.63, 3.8) is 0 Å². The Bertz CT molecular complexity index is 507. The number of hydrogen-bond acceptors (Lipinski definition) is 2. The number of ether oxygens (including phenoxy) is 1. The van der Waals surface area contributed by atoms with Gasteiger partial charge in [0, 0.05) is 6.42 Å². The van der Waals surface area contributed by atoms with E-state index in [0.29, 0.717) is 6.42 Å². The van der Waals surface area contributed by atoms with Crippen LogP contribution in [-0.4, -0.2) is 11.2 Å². The molecule has 0 fully saturated rings. The average molecular weight is 226 g/mol. The van der Waals surface area contributed by atoms with Gasteiger partial charge < -0.3 is 9.84 Å². The van der Waals surface area contributed by atoms with E-state index in [1.807, 2.05) is 54.6 Å². The van der Waals surface area contributed by atoms with Crippen molar-refractivity contribution in [1.29, 1.82) is 0 Å². The van der Waals surface area contributed by atoms with Gasteiger partial charge in [-0.05, 0) is 17.2 Å². The summed E-state index contributed by atoms with van der Waals surface area (Å²) in [6.07, 6.45) is -0.0890. The van der Waals surface area contributed by atoms with Gasteiger partial charge in [0.25, 0.3) is 0 Å². The van der Waals surface area contributed by atoms with Gasteiger partial charge in [-0.25, -0.2) is 0 Å². The fourth-order valence-electron chi connectivity index (χ4n) is 2.27. The van der Waals surface area contributed by atoms with Crippen molar-refractivity contribution in [2.45, 2.75) is 18.6 Å². The predicted molar refractivity (Wildman–Crippen MR) is 66.0 cm³/mol. The third-order valence-electron chi connectivity index (χ3n) is 3.13. The van der Waals surface area contributed by atoms with Gasteiger partial charge in [0.2, 0.25) is 0 Å². The van der Waals surface area contributed by atoms with E-state index in [4.69, 9.17) is 4.74 Å². The Morgan fingerprint density at radius 2 is 1.65 bits per heavy atom. The molecular weight excluding hydrogens is 212 g/mol.